The third-order valence-corrected chi connectivity index (χ3v) is 1.45. The quantitative estimate of drug-likeness (QED) is 0.457. The number of carboxylic acids is 1. The second-order valence-electron chi connectivity index (χ2n) is 2.18. The van der Waals surface area contributed by atoms with E-state index < -0.39 is 5.97 Å². The molecular formula is C8H12O3. The summed E-state index contributed by atoms with van der Waals surface area (Å²) in [6.07, 6.45) is 1.85. The molecule has 0 saturated heterocycles. The zero-order valence-electron chi connectivity index (χ0n) is 6.29. The van der Waals surface area contributed by atoms with Crippen LogP contribution in [0.2, 0.25) is 0 Å². The fourth-order valence-corrected chi connectivity index (χ4v) is 0.732. The molecule has 0 fully saturated rings. The zero-order valence-corrected chi connectivity index (χ0v) is 6.29. The molecular weight excluding hydrogens is 144 g/mol. The van der Waals surface area contributed by atoms with Gasteiger partial charge >= 0.3 is 5.97 Å². The highest BCUT2D eigenvalue weighted by molar-refractivity contribution is 5.86. The highest BCUT2D eigenvalue weighted by Crippen LogP contribution is 2.13. The van der Waals surface area contributed by atoms with Crippen molar-refractivity contribution in [2.75, 3.05) is 6.61 Å². The van der Waals surface area contributed by atoms with E-state index in [1.165, 1.54) is 6.08 Å². The van der Waals surface area contributed by atoms with Gasteiger partial charge in [-0.3, -0.25) is 0 Å². The third kappa shape index (κ3) is 3.00. The molecule has 0 amide bonds. The van der Waals surface area contributed by atoms with E-state index in [0.29, 0.717) is 6.42 Å². The first-order valence-corrected chi connectivity index (χ1v) is 3.29. The molecule has 1 unspecified atom stereocenters. The first-order chi connectivity index (χ1) is 5.13. The molecule has 0 aromatic carbocycles. The van der Waals surface area contributed by atoms with Crippen LogP contribution < -0.4 is 0 Å². The van der Waals surface area contributed by atoms with Gasteiger partial charge in [0.25, 0.3) is 0 Å². The molecule has 0 heterocycles. The molecule has 0 bridgehead atoms. The predicted molar refractivity (Wildman–Crippen MR) is 42.2 cm³/mol. The summed E-state index contributed by atoms with van der Waals surface area (Å²) in [6, 6.07) is 0. The first-order valence-electron chi connectivity index (χ1n) is 3.29. The lowest BCUT2D eigenvalue weighted by molar-refractivity contribution is -0.133. The lowest BCUT2D eigenvalue weighted by atomic mass is 9.98. The van der Waals surface area contributed by atoms with Gasteiger partial charge in [-0.25, -0.2) is 4.79 Å². The monoisotopic (exact) mass is 156 g/mol. The normalized spacial score (nSPS) is 12.1. The Labute approximate surface area is 65.7 Å². The largest absolute Gasteiger partial charge is 0.478 e. The average molecular weight is 156 g/mol. The van der Waals surface area contributed by atoms with Gasteiger partial charge in [-0.05, 0) is 6.42 Å². The van der Waals surface area contributed by atoms with E-state index in [4.69, 9.17) is 10.2 Å². The second-order valence-corrected chi connectivity index (χ2v) is 2.18. The number of aliphatic hydroxyl groups excluding tert-OH is 1. The van der Waals surface area contributed by atoms with Gasteiger partial charge in [0.2, 0.25) is 0 Å². The second kappa shape index (κ2) is 4.68. The van der Waals surface area contributed by atoms with Gasteiger partial charge in [0, 0.05) is 18.1 Å². The number of hydrogen-bond acceptors (Lipinski definition) is 2. The van der Waals surface area contributed by atoms with Crippen LogP contribution in [0.4, 0.5) is 0 Å². The van der Waals surface area contributed by atoms with Crippen molar-refractivity contribution in [2.45, 2.75) is 6.42 Å². The Balaban J connectivity index is 4.13. The van der Waals surface area contributed by atoms with E-state index in [9.17, 15) is 4.79 Å². The summed E-state index contributed by atoms with van der Waals surface area (Å²) in [5.41, 5.74) is 0.0778. The summed E-state index contributed by atoms with van der Waals surface area (Å²) in [5, 5.41) is 17.0. The Hall–Kier alpha value is -1.09. The van der Waals surface area contributed by atoms with Crippen LogP contribution in [0.5, 0.6) is 0 Å². The van der Waals surface area contributed by atoms with E-state index in [-0.39, 0.29) is 18.1 Å². The molecule has 0 saturated carbocycles. The Kier molecular flexibility index (Phi) is 4.22. The van der Waals surface area contributed by atoms with Crippen molar-refractivity contribution >= 4 is 5.97 Å². The van der Waals surface area contributed by atoms with Crippen molar-refractivity contribution in [1.29, 1.82) is 0 Å². The Morgan fingerprint density at radius 3 is 2.45 bits per heavy atom. The van der Waals surface area contributed by atoms with Crippen LogP contribution in [0.15, 0.2) is 24.8 Å². The first kappa shape index (κ1) is 9.91. The fourth-order valence-electron chi connectivity index (χ4n) is 0.732. The van der Waals surface area contributed by atoms with Crippen molar-refractivity contribution in [2.24, 2.45) is 5.92 Å². The average Bonchev–Trinajstić information content (AvgIpc) is 1.98. The number of carbonyl (C=O) groups is 1. The number of rotatable bonds is 5. The van der Waals surface area contributed by atoms with E-state index >= 15 is 0 Å². The van der Waals surface area contributed by atoms with Gasteiger partial charge in [0.05, 0.1) is 0 Å². The van der Waals surface area contributed by atoms with Crippen LogP contribution in [0.3, 0.4) is 0 Å². The predicted octanol–water partition coefficient (Wildman–Crippen LogP) is 0.812. The molecule has 3 heteroatoms. The van der Waals surface area contributed by atoms with Crippen molar-refractivity contribution in [3.63, 3.8) is 0 Å². The maximum atomic E-state index is 10.3. The van der Waals surface area contributed by atoms with Crippen LogP contribution in [0.25, 0.3) is 0 Å². The number of allylic oxidation sites excluding steroid dienone is 1. The molecule has 0 rings (SSSR count). The van der Waals surface area contributed by atoms with E-state index in [0.717, 1.165) is 0 Å². The van der Waals surface area contributed by atoms with Gasteiger partial charge < -0.3 is 10.2 Å². The molecule has 0 aromatic heterocycles. The van der Waals surface area contributed by atoms with Gasteiger partial charge in [0.15, 0.2) is 0 Å². The van der Waals surface area contributed by atoms with Crippen LogP contribution in [0.1, 0.15) is 6.42 Å². The van der Waals surface area contributed by atoms with Gasteiger partial charge in [-0.15, -0.1) is 6.58 Å². The van der Waals surface area contributed by atoms with Crippen molar-refractivity contribution in [3.8, 4) is 0 Å². The maximum absolute atomic E-state index is 10.3. The van der Waals surface area contributed by atoms with Gasteiger partial charge in [-0.1, -0.05) is 12.7 Å². The third-order valence-electron chi connectivity index (χ3n) is 1.45. The lowest BCUT2D eigenvalue weighted by Gasteiger charge is -2.09. The van der Waals surface area contributed by atoms with Gasteiger partial charge in [-0.2, -0.15) is 0 Å². The van der Waals surface area contributed by atoms with Crippen molar-refractivity contribution < 1.29 is 15.0 Å². The fraction of sp³-hybridized carbons (Fsp3) is 0.375. The Bertz CT molecular complexity index is 172. The Morgan fingerprint density at radius 1 is 1.64 bits per heavy atom. The molecule has 0 aromatic rings. The molecule has 0 spiro atoms. The minimum atomic E-state index is -1.04. The van der Waals surface area contributed by atoms with Crippen LogP contribution in [-0.4, -0.2) is 22.8 Å². The molecule has 1 atom stereocenters. The molecule has 2 N–H and O–H groups in total. The summed E-state index contributed by atoms with van der Waals surface area (Å²) in [5.74, 6) is -1.36. The summed E-state index contributed by atoms with van der Waals surface area (Å²) in [4.78, 5) is 10.3. The van der Waals surface area contributed by atoms with Crippen LogP contribution in [-0.2, 0) is 4.79 Å². The molecule has 0 aliphatic rings. The van der Waals surface area contributed by atoms with Crippen LogP contribution in [0, 0.1) is 5.92 Å². The smallest absolute Gasteiger partial charge is 0.331 e. The highest BCUT2D eigenvalue weighted by atomic mass is 16.4. The molecule has 11 heavy (non-hydrogen) atoms. The Morgan fingerprint density at radius 2 is 2.18 bits per heavy atom. The van der Waals surface area contributed by atoms with Gasteiger partial charge in [0.1, 0.15) is 0 Å². The van der Waals surface area contributed by atoms with E-state index in [2.05, 4.69) is 13.2 Å². The highest BCUT2D eigenvalue weighted by Gasteiger charge is 2.13. The minimum absolute atomic E-state index is 0.0526. The number of aliphatic hydroxyl groups is 1. The number of carboxylic acid groups (broad SMARTS) is 1. The summed E-state index contributed by atoms with van der Waals surface area (Å²) < 4.78 is 0. The lowest BCUT2D eigenvalue weighted by Crippen LogP contribution is -2.10. The standard InChI is InChI=1S/C8H12O3/c1-3-7(4-5-9)6(2)8(10)11/h3,7,9H,1-2,4-5H2,(H,10,11). The summed E-state index contributed by atoms with van der Waals surface area (Å²) >= 11 is 0. The maximum Gasteiger partial charge on any atom is 0.331 e. The van der Waals surface area contributed by atoms with Crippen LogP contribution >= 0.6 is 0 Å². The zero-order chi connectivity index (χ0) is 8.85. The summed E-state index contributed by atoms with van der Waals surface area (Å²) in [7, 11) is 0. The van der Waals surface area contributed by atoms with Crippen molar-refractivity contribution in [1.82, 2.24) is 0 Å². The SMILES string of the molecule is C=CC(CCO)C(=C)C(=O)O. The molecule has 0 aliphatic carbocycles. The van der Waals surface area contributed by atoms with E-state index in [1.807, 2.05) is 0 Å². The molecule has 62 valence electrons. The molecule has 0 aliphatic heterocycles. The van der Waals surface area contributed by atoms with Crippen molar-refractivity contribution in [3.05, 3.63) is 24.8 Å². The summed E-state index contributed by atoms with van der Waals surface area (Å²) in [6.45, 7) is 6.76. The topological polar surface area (TPSA) is 57.5 Å². The molecule has 0 radical (unpaired) electrons. The minimum Gasteiger partial charge on any atom is -0.478 e. The van der Waals surface area contributed by atoms with E-state index in [1.54, 1.807) is 0 Å². The number of hydrogen-bond donors (Lipinski definition) is 2. The number of aliphatic carboxylic acids is 1. The molecule has 3 nitrogen and oxygen atoms in total.